The number of ether oxygens (including phenoxy) is 1. The highest BCUT2D eigenvalue weighted by Crippen LogP contribution is 2.60. The Morgan fingerprint density at radius 1 is 1.07 bits per heavy atom. The van der Waals surface area contributed by atoms with Crippen LogP contribution >= 0.6 is 0 Å². The molecule has 3 fully saturated rings. The van der Waals surface area contributed by atoms with E-state index in [9.17, 15) is 14.7 Å². The molecule has 0 saturated carbocycles. The van der Waals surface area contributed by atoms with Crippen LogP contribution in [0, 0.1) is 5.92 Å². The third-order valence-electron chi connectivity index (χ3n) is 9.74. The summed E-state index contributed by atoms with van der Waals surface area (Å²) in [5.41, 5.74) is 0.655. The van der Waals surface area contributed by atoms with Gasteiger partial charge < -0.3 is 29.1 Å². The Hall–Kier alpha value is -2.79. The Balaban J connectivity index is 1.44. The van der Waals surface area contributed by atoms with Crippen LogP contribution in [-0.4, -0.2) is 70.4 Å². The Bertz CT molecular complexity index is 1310. The quantitative estimate of drug-likeness (QED) is 0.424. The van der Waals surface area contributed by atoms with Gasteiger partial charge in [-0.15, -0.1) is 0 Å². The first-order valence-corrected chi connectivity index (χ1v) is 17.3. The van der Waals surface area contributed by atoms with Gasteiger partial charge in [0, 0.05) is 42.1 Å². The van der Waals surface area contributed by atoms with Crippen molar-refractivity contribution in [3.63, 3.8) is 0 Å². The van der Waals surface area contributed by atoms with E-state index in [2.05, 4.69) is 10.2 Å². The zero-order chi connectivity index (χ0) is 28.4. The van der Waals surface area contributed by atoms with Crippen LogP contribution in [-0.2, 0) is 19.9 Å². The number of piperidine rings is 1. The molecule has 4 aliphatic rings. The minimum absolute atomic E-state index is 0.0539. The molecule has 4 atom stereocenters. The number of fused-ring (bicyclic) bond motifs is 2. The Labute approximate surface area is 236 Å². The number of nitrogens with one attached hydrogen (secondary N) is 1. The number of hydrogen-bond donors (Lipinski definition) is 2. The number of likely N-dealkylation sites (N-methyl/N-ethyl adjacent to an activating group) is 1. The van der Waals surface area contributed by atoms with Crippen molar-refractivity contribution in [1.82, 2.24) is 5.32 Å². The fourth-order valence-corrected chi connectivity index (χ4v) is 10.4. The highest BCUT2D eigenvalue weighted by atomic mass is 28.4. The number of amides is 2. The summed E-state index contributed by atoms with van der Waals surface area (Å²) in [6.07, 6.45) is 1.12. The van der Waals surface area contributed by atoms with Crippen molar-refractivity contribution in [1.29, 1.82) is 0 Å². The molecule has 214 valence electrons. The number of carbonyl (C=O) groups is 2. The monoisotopic (exact) mass is 566 g/mol. The predicted molar refractivity (Wildman–Crippen MR) is 156 cm³/mol. The number of aliphatic hydroxyl groups is 1. The number of hydrogen-bond acceptors (Lipinski definition) is 6. The number of benzene rings is 2. The van der Waals surface area contributed by atoms with E-state index in [1.54, 1.807) is 25.0 Å². The lowest BCUT2D eigenvalue weighted by molar-refractivity contribution is -0.146. The average Bonchev–Trinajstić information content (AvgIpc) is 3.47. The fraction of sp³-hybridized carbons (Fsp3) is 0.533. The maximum Gasteiger partial charge on any atom is 0.264 e. The molecule has 0 bridgehead atoms. The van der Waals surface area contributed by atoms with Crippen LogP contribution in [0.4, 0.5) is 21.2 Å². The Morgan fingerprint density at radius 2 is 1.77 bits per heavy atom. The molecular formula is C30H39FN4O4Si. The van der Waals surface area contributed by atoms with Crippen LogP contribution in [0.3, 0.4) is 0 Å². The second-order valence-corrected chi connectivity index (χ2v) is 16.1. The van der Waals surface area contributed by atoms with Gasteiger partial charge in [0.15, 0.2) is 5.60 Å². The van der Waals surface area contributed by atoms with Gasteiger partial charge in [-0.3, -0.25) is 14.5 Å². The Morgan fingerprint density at radius 3 is 2.42 bits per heavy atom. The molecule has 2 amide bonds. The number of rotatable bonds is 5. The zero-order valence-corrected chi connectivity index (χ0v) is 24.7. The van der Waals surface area contributed by atoms with E-state index < -0.39 is 37.1 Å². The normalized spacial score (nSPS) is 29.8. The number of nitrogens with zero attached hydrogens (tertiary/aromatic N) is 3. The second-order valence-electron chi connectivity index (χ2n) is 12.3. The van der Waals surface area contributed by atoms with E-state index in [4.69, 9.17) is 4.74 Å². The van der Waals surface area contributed by atoms with Gasteiger partial charge in [-0.05, 0) is 75.8 Å². The molecule has 4 aliphatic heterocycles. The lowest BCUT2D eigenvalue weighted by Gasteiger charge is -2.39. The molecule has 6 rings (SSSR count). The van der Waals surface area contributed by atoms with Gasteiger partial charge in [0.2, 0.25) is 8.41 Å². The van der Waals surface area contributed by atoms with Gasteiger partial charge in [0.05, 0.1) is 18.5 Å². The van der Waals surface area contributed by atoms with Crippen LogP contribution in [0.1, 0.15) is 31.7 Å². The first kappa shape index (κ1) is 27.4. The summed E-state index contributed by atoms with van der Waals surface area (Å²) in [6.45, 7) is 7.00. The molecule has 8 nitrogen and oxygen atoms in total. The molecule has 10 heteroatoms. The van der Waals surface area contributed by atoms with Crippen molar-refractivity contribution >= 4 is 37.3 Å². The third-order valence-corrected chi connectivity index (χ3v) is 12.2. The summed E-state index contributed by atoms with van der Waals surface area (Å²) in [5, 5.41) is 13.2. The topological polar surface area (TPSA) is 85.3 Å². The van der Waals surface area contributed by atoms with Crippen molar-refractivity contribution in [2.24, 2.45) is 5.92 Å². The maximum atomic E-state index is 15.7. The average molecular weight is 567 g/mol. The number of carbonyl (C=O) groups excluding carboxylic acids is 2. The molecular weight excluding hydrogens is 527 g/mol. The number of para-hydroxylation sites is 1. The predicted octanol–water partition coefficient (Wildman–Crippen LogP) is 3.75. The van der Waals surface area contributed by atoms with Gasteiger partial charge in [-0.25, -0.2) is 0 Å². The van der Waals surface area contributed by atoms with Crippen molar-refractivity contribution in [2.45, 2.75) is 62.1 Å². The minimum atomic E-state index is -3.26. The zero-order valence-electron chi connectivity index (χ0n) is 23.7. The number of aliphatic hydroxyl groups excluding tert-OH is 1. The van der Waals surface area contributed by atoms with E-state index in [0.717, 1.165) is 18.8 Å². The van der Waals surface area contributed by atoms with Gasteiger partial charge >= 0.3 is 0 Å². The lowest BCUT2D eigenvalue weighted by atomic mass is 9.82. The van der Waals surface area contributed by atoms with Gasteiger partial charge in [0.25, 0.3) is 11.8 Å². The molecule has 2 N–H and O–H groups in total. The van der Waals surface area contributed by atoms with Gasteiger partial charge in [0.1, 0.15) is 5.54 Å². The first-order valence-electron chi connectivity index (χ1n) is 14.3. The van der Waals surface area contributed by atoms with Crippen LogP contribution in [0.5, 0.6) is 0 Å². The summed E-state index contributed by atoms with van der Waals surface area (Å²) >= 11 is 0. The van der Waals surface area contributed by atoms with Crippen molar-refractivity contribution in [3.05, 3.63) is 54.1 Å². The molecule has 2 aromatic carbocycles. The molecule has 40 heavy (non-hydrogen) atoms. The molecule has 3 saturated heterocycles. The minimum Gasteiger partial charge on any atom is -0.396 e. The third kappa shape index (κ3) is 3.79. The molecule has 4 heterocycles. The second kappa shape index (κ2) is 9.65. The number of halogens is 1. The summed E-state index contributed by atoms with van der Waals surface area (Å²) in [5.74, 6) is -0.587. The van der Waals surface area contributed by atoms with E-state index >= 15 is 4.11 Å². The Kier molecular flexibility index (Phi) is 6.60. The van der Waals surface area contributed by atoms with E-state index in [-0.39, 0.29) is 24.8 Å². The highest BCUT2D eigenvalue weighted by molar-refractivity contribution is 6.72. The van der Waals surface area contributed by atoms with Crippen molar-refractivity contribution in [3.8, 4) is 0 Å². The van der Waals surface area contributed by atoms with E-state index in [1.807, 2.05) is 60.4 Å². The molecule has 2 aromatic rings. The smallest absolute Gasteiger partial charge is 0.264 e. The van der Waals surface area contributed by atoms with Crippen molar-refractivity contribution < 1.29 is 23.5 Å². The SMILES string of the molecule is C[C@@H]1[C@@H]([Si](C)(C)F)[C@H](CCO)O[C@@]12C(=O)N(C)c1ccc(N3CN(c4ccccc4)C4(CCNCC4)C3=O)cc12. The molecule has 0 aliphatic carbocycles. The molecule has 0 unspecified atom stereocenters. The van der Waals surface area contributed by atoms with E-state index in [1.165, 1.54) is 0 Å². The standard InChI is InChI=1S/C30H39FN4O4Si/c1-20-26(40(3,4)31)25(12-17-36)39-30(20)23-18-22(10-11-24(23)33(2)28(30)38)34-19-35(21-8-6-5-7-9-21)29(27(34)37)13-15-32-16-14-29/h5-11,18,20,25-26,32,36H,12-17,19H2,1-4H3/t20-,25+,26-,30+/m1/s1. The maximum absolute atomic E-state index is 15.7. The first-order chi connectivity index (χ1) is 19.1. The van der Waals surface area contributed by atoms with Crippen molar-refractivity contribution in [2.75, 3.05) is 48.1 Å². The van der Waals surface area contributed by atoms with Crippen LogP contribution in [0.25, 0.3) is 0 Å². The largest absolute Gasteiger partial charge is 0.396 e. The summed E-state index contributed by atoms with van der Waals surface area (Å²) in [6, 6.07) is 15.8. The number of anilines is 3. The summed E-state index contributed by atoms with van der Waals surface area (Å²) in [7, 11) is -1.54. The van der Waals surface area contributed by atoms with Crippen LogP contribution in [0.15, 0.2) is 48.5 Å². The molecule has 0 aromatic heterocycles. The highest BCUT2D eigenvalue weighted by Gasteiger charge is 2.66. The van der Waals surface area contributed by atoms with Crippen LogP contribution < -0.4 is 20.0 Å². The fourth-order valence-electron chi connectivity index (χ4n) is 7.87. The van der Waals surface area contributed by atoms with Gasteiger partial charge in [-0.1, -0.05) is 25.1 Å². The lowest BCUT2D eigenvalue weighted by Crippen LogP contribution is -2.55. The summed E-state index contributed by atoms with van der Waals surface area (Å²) < 4.78 is 22.3. The summed E-state index contributed by atoms with van der Waals surface area (Å²) in [4.78, 5) is 33.8. The van der Waals surface area contributed by atoms with Crippen LogP contribution in [0.2, 0.25) is 18.6 Å². The van der Waals surface area contributed by atoms with E-state index in [0.29, 0.717) is 36.4 Å². The molecule has 0 radical (unpaired) electrons. The van der Waals surface area contributed by atoms with Gasteiger partial charge in [-0.2, -0.15) is 0 Å². The molecule has 2 spiro atoms.